The van der Waals surface area contributed by atoms with Crippen molar-refractivity contribution in [3.8, 4) is 22.8 Å². The lowest BCUT2D eigenvalue weighted by atomic mass is 10.1. The number of aryl methyl sites for hydroxylation is 1. The van der Waals surface area contributed by atoms with Crippen LogP contribution in [0.3, 0.4) is 0 Å². The molecule has 0 aliphatic carbocycles. The fourth-order valence-corrected chi connectivity index (χ4v) is 3.01. The van der Waals surface area contributed by atoms with E-state index in [0.29, 0.717) is 17.5 Å². The normalized spacial score (nSPS) is 11.3. The van der Waals surface area contributed by atoms with Crippen molar-refractivity contribution in [1.29, 1.82) is 0 Å². The lowest BCUT2D eigenvalue weighted by Crippen LogP contribution is -2.01. The Kier molecular flexibility index (Phi) is 4.12. The largest absolute Gasteiger partial charge is 0.384 e. The summed E-state index contributed by atoms with van der Waals surface area (Å²) in [6.45, 7) is 5.06. The van der Waals surface area contributed by atoms with E-state index in [-0.39, 0.29) is 0 Å². The van der Waals surface area contributed by atoms with Gasteiger partial charge in [-0.05, 0) is 25.5 Å². The molecule has 4 rings (SSSR count). The maximum absolute atomic E-state index is 5.94. The first-order valence-electron chi connectivity index (χ1n) is 8.69. The lowest BCUT2D eigenvalue weighted by Gasteiger charge is -2.03. The molecule has 26 heavy (non-hydrogen) atoms. The molecule has 0 radical (unpaired) electrons. The molecular weight excluding hydrogens is 328 g/mol. The number of pyridine rings is 1. The summed E-state index contributed by atoms with van der Waals surface area (Å²) in [7, 11) is 0. The molecule has 0 aliphatic rings. The number of hydrogen-bond donors (Lipinski definition) is 1. The minimum Gasteiger partial charge on any atom is -0.384 e. The Morgan fingerprint density at radius 1 is 1.15 bits per heavy atom. The Labute approximate surface area is 150 Å². The van der Waals surface area contributed by atoms with Gasteiger partial charge in [0, 0.05) is 23.2 Å². The van der Waals surface area contributed by atoms with E-state index in [2.05, 4.69) is 27.1 Å². The number of aromatic nitrogens is 5. The van der Waals surface area contributed by atoms with E-state index in [1.165, 1.54) is 0 Å². The molecule has 7 heteroatoms. The molecule has 1 aromatic carbocycles. The van der Waals surface area contributed by atoms with E-state index in [0.717, 1.165) is 47.1 Å². The van der Waals surface area contributed by atoms with Crippen LogP contribution >= 0.6 is 0 Å². The summed E-state index contributed by atoms with van der Waals surface area (Å²) >= 11 is 0. The SMILES string of the molecule is CCCCn1ncc(-c2nc(-c3cc(N)nc4ccccc34)no2)c1C. The van der Waals surface area contributed by atoms with Crippen molar-refractivity contribution in [3.63, 3.8) is 0 Å². The molecule has 132 valence electrons. The Balaban J connectivity index is 1.75. The van der Waals surface area contributed by atoms with Gasteiger partial charge in [0.15, 0.2) is 0 Å². The predicted octanol–water partition coefficient (Wildman–Crippen LogP) is 3.84. The minimum atomic E-state index is 0.425. The smallest absolute Gasteiger partial charge is 0.261 e. The summed E-state index contributed by atoms with van der Waals surface area (Å²) < 4.78 is 7.49. The van der Waals surface area contributed by atoms with Crippen molar-refractivity contribution in [2.45, 2.75) is 33.2 Å². The van der Waals surface area contributed by atoms with Crippen LogP contribution in [0.5, 0.6) is 0 Å². The van der Waals surface area contributed by atoms with Crippen LogP contribution in [0.1, 0.15) is 25.5 Å². The van der Waals surface area contributed by atoms with E-state index in [9.17, 15) is 0 Å². The molecule has 0 aliphatic heterocycles. The molecule has 4 aromatic rings. The molecule has 0 saturated heterocycles. The molecule has 0 unspecified atom stereocenters. The average molecular weight is 348 g/mol. The number of hydrogen-bond acceptors (Lipinski definition) is 6. The van der Waals surface area contributed by atoms with Gasteiger partial charge in [-0.2, -0.15) is 10.1 Å². The molecule has 0 atom stereocenters. The van der Waals surface area contributed by atoms with Gasteiger partial charge >= 0.3 is 0 Å². The predicted molar refractivity (Wildman–Crippen MR) is 100 cm³/mol. The highest BCUT2D eigenvalue weighted by Crippen LogP contribution is 2.30. The van der Waals surface area contributed by atoms with Crippen LogP contribution in [0.25, 0.3) is 33.7 Å². The number of anilines is 1. The lowest BCUT2D eigenvalue weighted by molar-refractivity contribution is 0.432. The second kappa shape index (κ2) is 6.59. The number of benzene rings is 1. The van der Waals surface area contributed by atoms with Gasteiger partial charge in [0.1, 0.15) is 5.82 Å². The van der Waals surface area contributed by atoms with Crippen LogP contribution in [-0.2, 0) is 6.54 Å². The van der Waals surface area contributed by atoms with Gasteiger partial charge in [0.25, 0.3) is 5.89 Å². The van der Waals surface area contributed by atoms with Gasteiger partial charge in [-0.3, -0.25) is 4.68 Å². The number of nitrogens with zero attached hydrogens (tertiary/aromatic N) is 5. The van der Waals surface area contributed by atoms with Gasteiger partial charge in [-0.15, -0.1) is 0 Å². The van der Waals surface area contributed by atoms with Crippen molar-refractivity contribution in [3.05, 3.63) is 42.2 Å². The molecule has 3 aromatic heterocycles. The fraction of sp³-hybridized carbons (Fsp3) is 0.263. The number of fused-ring (bicyclic) bond motifs is 1. The van der Waals surface area contributed by atoms with Crippen molar-refractivity contribution < 1.29 is 4.52 Å². The molecule has 7 nitrogen and oxygen atoms in total. The van der Waals surface area contributed by atoms with Gasteiger partial charge < -0.3 is 10.3 Å². The highest BCUT2D eigenvalue weighted by molar-refractivity contribution is 5.94. The van der Waals surface area contributed by atoms with Gasteiger partial charge in [-0.25, -0.2) is 4.98 Å². The standard InChI is InChI=1S/C19H20N6O/c1-3-4-9-25-12(2)15(11-21-25)19-23-18(24-26-19)14-10-17(20)22-16-8-6-5-7-13(14)16/h5-8,10-11H,3-4,9H2,1-2H3,(H2,20,22). The zero-order valence-electron chi connectivity index (χ0n) is 14.8. The van der Waals surface area contributed by atoms with Gasteiger partial charge in [0.05, 0.1) is 17.3 Å². The Morgan fingerprint density at radius 3 is 2.85 bits per heavy atom. The van der Waals surface area contributed by atoms with E-state index in [1.54, 1.807) is 12.3 Å². The van der Waals surface area contributed by atoms with Crippen LogP contribution in [0.15, 0.2) is 41.1 Å². The summed E-state index contributed by atoms with van der Waals surface area (Å²) in [5.41, 5.74) is 9.43. The Morgan fingerprint density at radius 2 is 2.00 bits per heavy atom. The van der Waals surface area contributed by atoms with Crippen molar-refractivity contribution in [2.75, 3.05) is 5.73 Å². The van der Waals surface area contributed by atoms with Crippen LogP contribution in [-0.4, -0.2) is 24.9 Å². The molecule has 0 spiro atoms. The van der Waals surface area contributed by atoms with E-state index >= 15 is 0 Å². The monoisotopic (exact) mass is 348 g/mol. The number of nitrogen functional groups attached to an aromatic ring is 1. The number of unbranched alkanes of at least 4 members (excludes halogenated alkanes) is 1. The second-order valence-corrected chi connectivity index (χ2v) is 6.26. The highest BCUT2D eigenvalue weighted by atomic mass is 16.5. The summed E-state index contributed by atoms with van der Waals surface area (Å²) in [5.74, 6) is 1.37. The molecule has 3 heterocycles. The van der Waals surface area contributed by atoms with E-state index in [1.807, 2.05) is 35.9 Å². The Hall–Kier alpha value is -3.22. The molecule has 2 N–H and O–H groups in total. The maximum atomic E-state index is 5.94. The molecule has 0 fully saturated rings. The summed E-state index contributed by atoms with van der Waals surface area (Å²) in [4.78, 5) is 8.93. The average Bonchev–Trinajstić information content (AvgIpc) is 3.26. The zero-order valence-corrected chi connectivity index (χ0v) is 14.8. The first kappa shape index (κ1) is 16.3. The van der Waals surface area contributed by atoms with E-state index in [4.69, 9.17) is 10.3 Å². The first-order valence-corrected chi connectivity index (χ1v) is 8.69. The highest BCUT2D eigenvalue weighted by Gasteiger charge is 2.18. The van der Waals surface area contributed by atoms with Crippen LogP contribution < -0.4 is 5.73 Å². The summed E-state index contributed by atoms with van der Waals surface area (Å²) in [6.07, 6.45) is 3.98. The third kappa shape index (κ3) is 2.81. The fourth-order valence-electron chi connectivity index (χ4n) is 3.01. The number of para-hydroxylation sites is 1. The number of nitrogens with two attached hydrogens (primary N) is 1. The molecular formula is C19H20N6O. The van der Waals surface area contributed by atoms with Crippen LogP contribution in [0.2, 0.25) is 0 Å². The molecule has 0 saturated carbocycles. The third-order valence-electron chi connectivity index (χ3n) is 4.46. The Bertz CT molecular complexity index is 1070. The number of rotatable bonds is 5. The van der Waals surface area contributed by atoms with Crippen molar-refractivity contribution in [2.24, 2.45) is 0 Å². The van der Waals surface area contributed by atoms with Crippen molar-refractivity contribution >= 4 is 16.7 Å². The minimum absolute atomic E-state index is 0.425. The summed E-state index contributed by atoms with van der Waals surface area (Å²) in [6, 6.07) is 9.54. The van der Waals surface area contributed by atoms with Gasteiger partial charge in [-0.1, -0.05) is 36.7 Å². The quantitative estimate of drug-likeness (QED) is 0.589. The van der Waals surface area contributed by atoms with Crippen molar-refractivity contribution in [1.82, 2.24) is 24.9 Å². The topological polar surface area (TPSA) is 95.7 Å². The summed E-state index contributed by atoms with van der Waals surface area (Å²) in [5, 5.41) is 9.53. The third-order valence-corrected chi connectivity index (χ3v) is 4.46. The van der Waals surface area contributed by atoms with E-state index < -0.39 is 0 Å². The molecule has 0 amide bonds. The second-order valence-electron chi connectivity index (χ2n) is 6.26. The zero-order chi connectivity index (χ0) is 18.1. The van der Waals surface area contributed by atoms with Crippen LogP contribution in [0.4, 0.5) is 5.82 Å². The maximum Gasteiger partial charge on any atom is 0.261 e. The van der Waals surface area contributed by atoms with Crippen LogP contribution in [0, 0.1) is 6.92 Å². The first-order chi connectivity index (χ1) is 12.7. The van der Waals surface area contributed by atoms with Gasteiger partial charge in [0.2, 0.25) is 5.82 Å². The molecule has 0 bridgehead atoms.